The summed E-state index contributed by atoms with van der Waals surface area (Å²) >= 11 is 0. The number of carbonyl (C=O) groups is 1. The number of hydrogen-bond acceptors (Lipinski definition) is 4. The molecule has 0 saturated heterocycles. The molecule has 0 spiro atoms. The van der Waals surface area contributed by atoms with Gasteiger partial charge in [-0.25, -0.2) is 0 Å². The van der Waals surface area contributed by atoms with E-state index in [1.54, 1.807) is 18.2 Å². The third-order valence-electron chi connectivity index (χ3n) is 2.81. The number of nitro groups is 1. The minimum Gasteiger partial charge on any atom is -0.481 e. The number of nitrogens with two attached hydrogens (primary N) is 1. The molecule has 1 aromatic carbocycles. The molecule has 0 radical (unpaired) electrons. The number of carboxylic acids is 1. The third kappa shape index (κ3) is 3.81. The fourth-order valence-corrected chi connectivity index (χ4v) is 1.82. The summed E-state index contributed by atoms with van der Waals surface area (Å²) in [6.07, 6.45) is 1.11. The van der Waals surface area contributed by atoms with E-state index in [0.29, 0.717) is 31.4 Å². The van der Waals surface area contributed by atoms with Crippen molar-refractivity contribution in [3.63, 3.8) is 0 Å². The number of benzene rings is 1. The minimum atomic E-state index is -0.904. The van der Waals surface area contributed by atoms with Crippen LogP contribution in [-0.2, 0) is 11.2 Å². The highest BCUT2D eigenvalue weighted by Crippen LogP contribution is 2.21. The van der Waals surface area contributed by atoms with Crippen LogP contribution < -0.4 is 5.73 Å². The molecule has 6 heteroatoms. The van der Waals surface area contributed by atoms with Crippen molar-refractivity contribution in [3.8, 4) is 0 Å². The Bertz CT molecular complexity index is 434. The highest BCUT2D eigenvalue weighted by molar-refractivity contribution is 5.70. The number of aryl methyl sites for hydroxylation is 1. The number of carboxylic acid groups (broad SMARTS) is 1. The maximum Gasteiger partial charge on any atom is 0.306 e. The fourth-order valence-electron chi connectivity index (χ4n) is 1.82. The lowest BCUT2D eigenvalue weighted by atomic mass is 9.96. The second kappa shape index (κ2) is 6.70. The lowest BCUT2D eigenvalue weighted by Gasteiger charge is -2.10. The van der Waals surface area contributed by atoms with Crippen molar-refractivity contribution in [1.29, 1.82) is 0 Å². The quantitative estimate of drug-likeness (QED) is 0.566. The Labute approximate surface area is 105 Å². The summed E-state index contributed by atoms with van der Waals surface area (Å²) in [6, 6.07) is 6.38. The van der Waals surface area contributed by atoms with Gasteiger partial charge in [-0.3, -0.25) is 14.9 Å². The van der Waals surface area contributed by atoms with Gasteiger partial charge in [0, 0.05) is 11.6 Å². The fraction of sp³-hybridized carbons (Fsp3) is 0.417. The highest BCUT2D eigenvalue weighted by atomic mass is 16.6. The minimum absolute atomic E-state index is 0.0365. The number of para-hydroxylation sites is 1. The number of rotatable bonds is 7. The largest absolute Gasteiger partial charge is 0.481 e. The second-order valence-electron chi connectivity index (χ2n) is 4.04. The van der Waals surface area contributed by atoms with Crippen LogP contribution in [0.1, 0.15) is 18.4 Å². The number of nitro benzene ring substituents is 1. The van der Waals surface area contributed by atoms with E-state index in [0.717, 1.165) is 0 Å². The first-order valence-corrected chi connectivity index (χ1v) is 5.71. The molecule has 0 bridgehead atoms. The van der Waals surface area contributed by atoms with Gasteiger partial charge < -0.3 is 10.8 Å². The molecule has 1 aromatic rings. The van der Waals surface area contributed by atoms with Crippen LogP contribution in [0.4, 0.5) is 5.69 Å². The van der Waals surface area contributed by atoms with Gasteiger partial charge in [-0.1, -0.05) is 18.2 Å². The number of aliphatic carboxylic acids is 1. The molecule has 0 heterocycles. The molecule has 1 unspecified atom stereocenters. The summed E-state index contributed by atoms with van der Waals surface area (Å²) in [5.74, 6) is -1.45. The maximum absolute atomic E-state index is 10.9. The van der Waals surface area contributed by atoms with Crippen LogP contribution >= 0.6 is 0 Å². The lowest BCUT2D eigenvalue weighted by molar-refractivity contribution is -0.385. The van der Waals surface area contributed by atoms with E-state index in [9.17, 15) is 14.9 Å². The van der Waals surface area contributed by atoms with Crippen molar-refractivity contribution < 1.29 is 14.8 Å². The lowest BCUT2D eigenvalue weighted by Crippen LogP contribution is -2.18. The zero-order valence-corrected chi connectivity index (χ0v) is 9.91. The van der Waals surface area contributed by atoms with Gasteiger partial charge in [-0.15, -0.1) is 0 Å². The molecule has 1 atom stereocenters. The van der Waals surface area contributed by atoms with Gasteiger partial charge in [0.1, 0.15) is 0 Å². The van der Waals surface area contributed by atoms with Crippen LogP contribution in [0.2, 0.25) is 0 Å². The van der Waals surface area contributed by atoms with Crippen LogP contribution in [0.15, 0.2) is 24.3 Å². The molecule has 0 amide bonds. The van der Waals surface area contributed by atoms with E-state index < -0.39 is 16.8 Å². The summed E-state index contributed by atoms with van der Waals surface area (Å²) < 4.78 is 0. The van der Waals surface area contributed by atoms with E-state index in [4.69, 9.17) is 10.8 Å². The topological polar surface area (TPSA) is 106 Å². The van der Waals surface area contributed by atoms with Gasteiger partial charge in [-0.05, 0) is 25.8 Å². The van der Waals surface area contributed by atoms with Crippen molar-refractivity contribution in [2.24, 2.45) is 11.7 Å². The molecule has 98 valence electrons. The van der Waals surface area contributed by atoms with Gasteiger partial charge >= 0.3 is 5.97 Å². The van der Waals surface area contributed by atoms with Crippen molar-refractivity contribution in [3.05, 3.63) is 39.9 Å². The van der Waals surface area contributed by atoms with Crippen LogP contribution in [0.3, 0.4) is 0 Å². The SMILES string of the molecule is NCCC(CCc1ccccc1[N+](=O)[O-])C(=O)O. The van der Waals surface area contributed by atoms with Crippen molar-refractivity contribution in [2.45, 2.75) is 19.3 Å². The standard InChI is InChI=1S/C12H16N2O4/c13-8-7-10(12(15)16)6-5-9-3-1-2-4-11(9)14(17)18/h1-4,10H,5-8,13H2,(H,15,16). The predicted molar refractivity (Wildman–Crippen MR) is 66.2 cm³/mol. The summed E-state index contributed by atoms with van der Waals surface area (Å²) in [4.78, 5) is 21.3. The molecule has 0 aliphatic carbocycles. The normalized spacial score (nSPS) is 12.1. The van der Waals surface area contributed by atoms with E-state index in [-0.39, 0.29) is 5.69 Å². The van der Waals surface area contributed by atoms with Gasteiger partial charge in [0.15, 0.2) is 0 Å². The molecule has 6 nitrogen and oxygen atoms in total. The third-order valence-corrected chi connectivity index (χ3v) is 2.81. The molecule has 0 aliphatic rings. The monoisotopic (exact) mass is 252 g/mol. The van der Waals surface area contributed by atoms with Gasteiger partial charge in [0.25, 0.3) is 5.69 Å². The van der Waals surface area contributed by atoms with E-state index in [2.05, 4.69) is 0 Å². The highest BCUT2D eigenvalue weighted by Gasteiger charge is 2.19. The summed E-state index contributed by atoms with van der Waals surface area (Å²) in [5, 5.41) is 19.8. The van der Waals surface area contributed by atoms with Gasteiger partial charge in [0.2, 0.25) is 0 Å². The molecule has 18 heavy (non-hydrogen) atoms. The van der Waals surface area contributed by atoms with Crippen molar-refractivity contribution in [1.82, 2.24) is 0 Å². The smallest absolute Gasteiger partial charge is 0.306 e. The molecular weight excluding hydrogens is 236 g/mol. The van der Waals surface area contributed by atoms with Crippen LogP contribution in [0, 0.1) is 16.0 Å². The molecule has 0 saturated carbocycles. The zero-order chi connectivity index (χ0) is 13.5. The average Bonchev–Trinajstić information content (AvgIpc) is 2.34. The zero-order valence-electron chi connectivity index (χ0n) is 9.91. The molecule has 3 N–H and O–H groups in total. The van der Waals surface area contributed by atoms with E-state index >= 15 is 0 Å². The van der Waals surface area contributed by atoms with Crippen molar-refractivity contribution >= 4 is 11.7 Å². The Morgan fingerprint density at radius 3 is 2.61 bits per heavy atom. The second-order valence-corrected chi connectivity index (χ2v) is 4.04. The first kappa shape index (κ1) is 14.1. The molecular formula is C12H16N2O4. The summed E-state index contributed by atoms with van der Waals surface area (Å²) in [6.45, 7) is 0.299. The number of nitrogens with zero attached hydrogens (tertiary/aromatic N) is 1. The molecule has 0 aliphatic heterocycles. The number of hydrogen-bond donors (Lipinski definition) is 2. The molecule has 1 rings (SSSR count). The van der Waals surface area contributed by atoms with Crippen molar-refractivity contribution in [2.75, 3.05) is 6.54 Å². The Kier molecular flexibility index (Phi) is 5.26. The predicted octanol–water partition coefficient (Wildman–Crippen LogP) is 1.58. The van der Waals surface area contributed by atoms with Crippen LogP contribution in [0.5, 0.6) is 0 Å². The average molecular weight is 252 g/mol. The summed E-state index contributed by atoms with van der Waals surface area (Å²) in [7, 11) is 0. The Balaban J connectivity index is 2.73. The van der Waals surface area contributed by atoms with Gasteiger partial charge in [-0.2, -0.15) is 0 Å². The van der Waals surface area contributed by atoms with Crippen LogP contribution in [-0.4, -0.2) is 22.5 Å². The first-order valence-electron chi connectivity index (χ1n) is 5.71. The van der Waals surface area contributed by atoms with Gasteiger partial charge in [0.05, 0.1) is 10.8 Å². The Morgan fingerprint density at radius 1 is 1.39 bits per heavy atom. The molecule has 0 fully saturated rings. The summed E-state index contributed by atoms with van der Waals surface area (Å²) in [5.41, 5.74) is 5.94. The van der Waals surface area contributed by atoms with E-state index in [1.807, 2.05) is 0 Å². The van der Waals surface area contributed by atoms with E-state index in [1.165, 1.54) is 6.07 Å². The Hall–Kier alpha value is -1.95. The first-order chi connectivity index (χ1) is 8.56. The van der Waals surface area contributed by atoms with Crippen LogP contribution in [0.25, 0.3) is 0 Å². The Morgan fingerprint density at radius 2 is 2.06 bits per heavy atom. The maximum atomic E-state index is 10.9. The molecule has 0 aromatic heterocycles.